The molecule has 2 N–H and O–H groups in total. The van der Waals surface area contributed by atoms with Crippen LogP contribution in [-0.2, 0) is 28.4 Å². The molecule has 8 atom stereocenters. The summed E-state index contributed by atoms with van der Waals surface area (Å²) in [4.78, 5) is 63.2. The van der Waals surface area contributed by atoms with E-state index in [2.05, 4.69) is 32.2 Å². The Hall–Kier alpha value is -4.87. The topological polar surface area (TPSA) is 147 Å². The number of fused-ring (bicyclic) bond motifs is 2. The number of ether oxygens (including phenoxy) is 2. The molecule has 0 radical (unpaired) electrons. The van der Waals surface area contributed by atoms with Crippen LogP contribution in [0.1, 0.15) is 124 Å². The van der Waals surface area contributed by atoms with Crippen molar-refractivity contribution in [3.63, 3.8) is 0 Å². The number of nitrogens with zero attached hydrogens (tertiary/aromatic N) is 3. The van der Waals surface area contributed by atoms with Crippen molar-refractivity contribution in [3.05, 3.63) is 101 Å². The molecule has 3 amide bonds. The first-order valence-corrected chi connectivity index (χ1v) is 27.4. The second-order valence-corrected chi connectivity index (χ2v) is 23.0. The highest BCUT2D eigenvalue weighted by Gasteiger charge is 2.59. The van der Waals surface area contributed by atoms with Crippen molar-refractivity contribution in [2.75, 3.05) is 19.7 Å². The van der Waals surface area contributed by atoms with Crippen LogP contribution >= 0.6 is 18.9 Å². The number of rotatable bonds is 17. The van der Waals surface area contributed by atoms with Crippen LogP contribution in [0.25, 0.3) is 10.1 Å². The molecular formula is C52H62F4N5O8PS. The molecule has 2 aliphatic carbocycles. The number of hydrogen-bond donors (Lipinski definition) is 2. The van der Waals surface area contributed by atoms with E-state index in [1.807, 2.05) is 36.9 Å². The standard InChI is InChI=1S/C52H62F4N5O8PS/c1-4-24-67-50(65)32(3)58-70(66,69-40-14-10-7-11-15-40)46(53)34-16-21-44-35(25-34)26-45(71-44)47(62)57-42-19-17-37(59(5-2)39-28-41(29-39)68-52(54,55)56)27-38-18-20-43(61(38)48(42)63)49(64)60-31-36(30-51(60)22-23-51)33-12-8-6-9-13-33/h6-16,21,25-26,32,36-39,41-43,46H,4-5,17-20,22-24,27-31H2,1-3H3,(H,57,62)(H,58,66)/t32-,36+,37-,38+,39?,41?,42-,43-,46+,70?/m0/s1. The maximum atomic E-state index is 16.8. The zero-order valence-electron chi connectivity index (χ0n) is 40.2. The number of halogens is 4. The van der Waals surface area contributed by atoms with Gasteiger partial charge < -0.3 is 24.4 Å². The van der Waals surface area contributed by atoms with E-state index in [-0.39, 0.29) is 83.5 Å². The van der Waals surface area contributed by atoms with Crippen LogP contribution in [0.2, 0.25) is 0 Å². The van der Waals surface area contributed by atoms with Gasteiger partial charge >= 0.3 is 19.9 Å². The summed E-state index contributed by atoms with van der Waals surface area (Å²) in [6, 6.07) is 20.8. The molecule has 13 nitrogen and oxygen atoms in total. The smallest absolute Gasteiger partial charge is 0.465 e. The van der Waals surface area contributed by atoms with Gasteiger partial charge in [0.25, 0.3) is 5.91 Å². The SMILES string of the molecule is CCCOC(=O)[C@H](C)NP(=O)(Oc1ccccc1)[C@@H](F)c1ccc2sc(C(=O)N[C@H]3CC[C@H](N(CC)C4CC(OC(F)(F)F)C4)C[C@H]4CC[C@@H](C(=O)N5C[C@H](c6ccccc6)CC56CC6)N4C3=O)cc2c1. The number of carbonyl (C=O) groups is 4. The molecule has 3 aromatic carbocycles. The lowest BCUT2D eigenvalue weighted by molar-refractivity contribution is -0.354. The van der Waals surface area contributed by atoms with Gasteiger partial charge in [-0.15, -0.1) is 24.5 Å². The van der Waals surface area contributed by atoms with E-state index in [9.17, 15) is 32.1 Å². The molecule has 9 rings (SSSR count). The second-order valence-electron chi connectivity index (χ2n) is 19.9. The molecule has 1 aromatic heterocycles. The van der Waals surface area contributed by atoms with Gasteiger partial charge in [0.1, 0.15) is 23.9 Å². The lowest BCUT2D eigenvalue weighted by Crippen LogP contribution is -2.60. The molecule has 1 spiro atoms. The predicted octanol–water partition coefficient (Wildman–Crippen LogP) is 10.0. The average Bonchev–Trinajstić information content (AvgIpc) is 3.61. The highest BCUT2D eigenvalue weighted by atomic mass is 32.1. The minimum Gasteiger partial charge on any atom is -0.465 e. The van der Waals surface area contributed by atoms with E-state index < -0.39 is 55.9 Å². The molecule has 5 aliphatic rings. The van der Waals surface area contributed by atoms with Crippen LogP contribution < -0.4 is 14.9 Å². The Bertz CT molecular complexity index is 2620. The average molecular weight is 1020 g/mol. The van der Waals surface area contributed by atoms with Crippen molar-refractivity contribution in [1.82, 2.24) is 25.1 Å². The molecule has 382 valence electrons. The van der Waals surface area contributed by atoms with Gasteiger partial charge in [-0.3, -0.25) is 33.4 Å². The first-order valence-electron chi connectivity index (χ1n) is 24.9. The summed E-state index contributed by atoms with van der Waals surface area (Å²) in [6.07, 6.45) is 0.251. The van der Waals surface area contributed by atoms with E-state index in [0.29, 0.717) is 55.3 Å². The van der Waals surface area contributed by atoms with E-state index in [4.69, 9.17) is 9.26 Å². The number of alkyl halides is 4. The zero-order chi connectivity index (χ0) is 50.2. The highest BCUT2D eigenvalue weighted by molar-refractivity contribution is 7.57. The van der Waals surface area contributed by atoms with E-state index >= 15 is 9.18 Å². The number of nitrogens with one attached hydrogen (secondary N) is 2. The Morgan fingerprint density at radius 2 is 1.65 bits per heavy atom. The monoisotopic (exact) mass is 1020 g/mol. The van der Waals surface area contributed by atoms with Gasteiger partial charge in [0.05, 0.1) is 17.6 Å². The summed E-state index contributed by atoms with van der Waals surface area (Å²) in [6.45, 7) is 6.46. The molecule has 5 fully saturated rings. The number of benzene rings is 3. The van der Waals surface area contributed by atoms with Crippen molar-refractivity contribution >= 4 is 52.6 Å². The Morgan fingerprint density at radius 1 is 0.930 bits per heavy atom. The zero-order valence-corrected chi connectivity index (χ0v) is 41.9. The van der Waals surface area contributed by atoms with E-state index in [1.165, 1.54) is 36.8 Å². The summed E-state index contributed by atoms with van der Waals surface area (Å²) in [7, 11) is -4.52. The maximum Gasteiger partial charge on any atom is 0.522 e. The summed E-state index contributed by atoms with van der Waals surface area (Å²) < 4.78 is 86.6. The molecular weight excluding hydrogens is 962 g/mol. The van der Waals surface area contributed by atoms with Crippen molar-refractivity contribution in [1.29, 1.82) is 0 Å². The fraction of sp³-hybridized carbons (Fsp3) is 0.538. The summed E-state index contributed by atoms with van der Waals surface area (Å²) in [5, 5.41) is 6.07. The van der Waals surface area contributed by atoms with Crippen LogP contribution in [0.4, 0.5) is 17.6 Å². The van der Waals surface area contributed by atoms with Gasteiger partial charge in [-0.1, -0.05) is 68.4 Å². The fourth-order valence-electron chi connectivity index (χ4n) is 11.4. The first kappa shape index (κ1) is 51.0. The Morgan fingerprint density at radius 3 is 2.32 bits per heavy atom. The third-order valence-electron chi connectivity index (χ3n) is 15.1. The van der Waals surface area contributed by atoms with Crippen molar-refractivity contribution < 1.29 is 55.3 Å². The van der Waals surface area contributed by atoms with Crippen molar-refractivity contribution in [2.45, 2.75) is 157 Å². The molecule has 4 heterocycles. The molecule has 19 heteroatoms. The fourth-order valence-corrected chi connectivity index (χ4v) is 14.3. The summed E-state index contributed by atoms with van der Waals surface area (Å²) in [5.41, 5.74) is 0.906. The third kappa shape index (κ3) is 11.1. The number of amides is 3. The van der Waals surface area contributed by atoms with Crippen LogP contribution in [-0.4, -0.2) is 112 Å². The number of hydrogen-bond acceptors (Lipinski definition) is 10. The second kappa shape index (κ2) is 20.9. The number of carbonyl (C=O) groups excluding carboxylic acids is 4. The molecule has 71 heavy (non-hydrogen) atoms. The molecule has 4 aromatic rings. The number of likely N-dealkylation sites (tertiary alicyclic amines) is 1. The van der Waals surface area contributed by atoms with Crippen molar-refractivity contribution in [3.8, 4) is 5.75 Å². The van der Waals surface area contributed by atoms with Crippen LogP contribution in [0, 0.1) is 0 Å². The molecule has 0 bridgehead atoms. The normalized spacial score (nSPS) is 26.8. The van der Waals surface area contributed by atoms with Gasteiger partial charge in [0, 0.05) is 40.8 Å². The maximum absolute atomic E-state index is 16.8. The van der Waals surface area contributed by atoms with Gasteiger partial charge in [0.15, 0.2) is 0 Å². The minimum atomic E-state index is -4.73. The van der Waals surface area contributed by atoms with E-state index in [0.717, 1.165) is 30.6 Å². The highest BCUT2D eigenvalue weighted by Crippen LogP contribution is 2.58. The lowest BCUT2D eigenvalue weighted by Gasteiger charge is -2.48. The third-order valence-corrected chi connectivity index (χ3v) is 18.4. The molecule has 1 unspecified atom stereocenters. The number of esters is 1. The van der Waals surface area contributed by atoms with Gasteiger partial charge in [-0.25, -0.2) is 9.48 Å². The number of thiophene rings is 1. The molecule has 2 saturated carbocycles. The molecule has 3 aliphatic heterocycles. The van der Waals surface area contributed by atoms with E-state index in [1.54, 1.807) is 35.2 Å². The predicted molar refractivity (Wildman–Crippen MR) is 261 cm³/mol. The Labute approximate surface area is 415 Å². The van der Waals surface area contributed by atoms with Crippen molar-refractivity contribution in [2.24, 2.45) is 0 Å². The summed E-state index contributed by atoms with van der Waals surface area (Å²) >= 11 is 1.13. The van der Waals surface area contributed by atoms with Gasteiger partial charge in [-0.05, 0) is 131 Å². The van der Waals surface area contributed by atoms with Crippen LogP contribution in [0.15, 0.2) is 84.9 Å². The van der Waals surface area contributed by atoms with Crippen LogP contribution in [0.5, 0.6) is 5.75 Å². The van der Waals surface area contributed by atoms with Crippen LogP contribution in [0.3, 0.4) is 0 Å². The minimum absolute atomic E-state index is 0.0236. The first-order chi connectivity index (χ1) is 34.0. The summed E-state index contributed by atoms with van der Waals surface area (Å²) in [5.74, 6) is -3.64. The molecule has 3 saturated heterocycles. The Balaban J connectivity index is 0.961. The van der Waals surface area contributed by atoms with Gasteiger partial charge in [-0.2, -0.15) is 0 Å². The lowest BCUT2D eigenvalue weighted by atomic mass is 9.84. The largest absolute Gasteiger partial charge is 0.522 e. The van der Waals surface area contributed by atoms with Gasteiger partial charge in [0.2, 0.25) is 17.7 Å². The quantitative estimate of drug-likeness (QED) is 0.0595. The Kier molecular flexibility index (Phi) is 15.0. The number of para-hydroxylation sites is 1.